The molecule has 1 aliphatic rings. The fourth-order valence-corrected chi connectivity index (χ4v) is 2.21. The van der Waals surface area contributed by atoms with Gasteiger partial charge in [-0.25, -0.2) is 4.79 Å². The van der Waals surface area contributed by atoms with Crippen LogP contribution in [0, 0.1) is 0 Å². The van der Waals surface area contributed by atoms with E-state index in [-0.39, 0.29) is 6.03 Å². The van der Waals surface area contributed by atoms with Gasteiger partial charge in [0, 0.05) is 12.5 Å². The lowest BCUT2D eigenvalue weighted by atomic mass is 10.3. The first kappa shape index (κ1) is 11.3. The maximum absolute atomic E-state index is 11.4. The predicted octanol–water partition coefficient (Wildman–Crippen LogP) is 2.34. The number of aromatic nitrogens is 2. The third-order valence-electron chi connectivity index (χ3n) is 2.40. The van der Waals surface area contributed by atoms with E-state index in [9.17, 15) is 4.79 Å². The van der Waals surface area contributed by atoms with Crippen molar-refractivity contribution in [3.63, 3.8) is 0 Å². The summed E-state index contributed by atoms with van der Waals surface area (Å²) in [6.45, 7) is 2.79. The van der Waals surface area contributed by atoms with Gasteiger partial charge in [0.05, 0.1) is 0 Å². The molecule has 5 nitrogen and oxygen atoms in total. The second kappa shape index (κ2) is 5.25. The van der Waals surface area contributed by atoms with Crippen molar-refractivity contribution in [2.45, 2.75) is 38.5 Å². The Morgan fingerprint density at radius 2 is 2.31 bits per heavy atom. The van der Waals surface area contributed by atoms with Gasteiger partial charge in [0.25, 0.3) is 0 Å². The number of hydrogen-bond donors (Lipinski definition) is 2. The van der Waals surface area contributed by atoms with E-state index in [1.165, 1.54) is 24.2 Å². The largest absolute Gasteiger partial charge is 0.338 e. The van der Waals surface area contributed by atoms with Crippen LogP contribution in [0.3, 0.4) is 0 Å². The summed E-state index contributed by atoms with van der Waals surface area (Å²) in [6.07, 6.45) is 4.48. The second-order valence-electron chi connectivity index (χ2n) is 3.95. The van der Waals surface area contributed by atoms with Crippen LogP contribution in [0.1, 0.15) is 43.5 Å². The molecule has 1 aliphatic carbocycles. The van der Waals surface area contributed by atoms with Crippen LogP contribution < -0.4 is 10.6 Å². The third-order valence-corrected chi connectivity index (χ3v) is 3.40. The van der Waals surface area contributed by atoms with Gasteiger partial charge in [0.2, 0.25) is 5.13 Å². The summed E-state index contributed by atoms with van der Waals surface area (Å²) in [7, 11) is 0. The molecule has 1 saturated carbocycles. The topological polar surface area (TPSA) is 66.9 Å². The van der Waals surface area contributed by atoms with Crippen molar-refractivity contribution in [3.8, 4) is 0 Å². The number of amides is 2. The predicted molar refractivity (Wildman–Crippen MR) is 63.8 cm³/mol. The molecule has 88 valence electrons. The van der Waals surface area contributed by atoms with Crippen molar-refractivity contribution in [3.05, 3.63) is 5.01 Å². The van der Waals surface area contributed by atoms with Gasteiger partial charge in [-0.15, -0.1) is 10.2 Å². The molecule has 0 unspecified atom stereocenters. The molecule has 1 aromatic heterocycles. The number of nitrogens with one attached hydrogen (secondary N) is 2. The van der Waals surface area contributed by atoms with E-state index in [1.54, 1.807) is 0 Å². The van der Waals surface area contributed by atoms with Gasteiger partial charge in [0.1, 0.15) is 5.01 Å². The zero-order valence-electron chi connectivity index (χ0n) is 9.32. The van der Waals surface area contributed by atoms with E-state index in [0.29, 0.717) is 17.6 Å². The molecule has 0 bridgehead atoms. The lowest BCUT2D eigenvalue weighted by molar-refractivity contribution is 0.252. The normalized spacial score (nSPS) is 14.8. The molecule has 1 heterocycles. The fraction of sp³-hybridized carbons (Fsp3) is 0.700. The second-order valence-corrected chi connectivity index (χ2v) is 4.96. The number of rotatable bonds is 5. The van der Waals surface area contributed by atoms with E-state index >= 15 is 0 Å². The molecule has 0 saturated heterocycles. The molecular formula is C10H16N4OS. The van der Waals surface area contributed by atoms with Gasteiger partial charge in [-0.2, -0.15) is 0 Å². The van der Waals surface area contributed by atoms with Crippen LogP contribution in [0.15, 0.2) is 0 Å². The molecule has 2 amide bonds. The number of hydrogen-bond acceptors (Lipinski definition) is 4. The minimum absolute atomic E-state index is 0.188. The summed E-state index contributed by atoms with van der Waals surface area (Å²) >= 11 is 1.48. The number of carbonyl (C=O) groups excluding carboxylic acids is 1. The lowest BCUT2D eigenvalue weighted by Gasteiger charge is -2.02. The first-order valence-electron chi connectivity index (χ1n) is 5.68. The Morgan fingerprint density at radius 1 is 1.50 bits per heavy atom. The number of urea groups is 1. The molecule has 0 aromatic carbocycles. The quantitative estimate of drug-likeness (QED) is 0.776. The highest BCUT2D eigenvalue weighted by atomic mass is 32.1. The Labute approximate surface area is 98.7 Å². The van der Waals surface area contributed by atoms with Crippen molar-refractivity contribution < 1.29 is 4.79 Å². The molecule has 2 N–H and O–H groups in total. The van der Waals surface area contributed by atoms with Crippen LogP contribution in [-0.2, 0) is 0 Å². The fourth-order valence-electron chi connectivity index (χ4n) is 1.30. The van der Waals surface area contributed by atoms with Gasteiger partial charge in [-0.05, 0) is 19.3 Å². The van der Waals surface area contributed by atoms with Crippen LogP contribution in [-0.4, -0.2) is 22.8 Å². The summed E-state index contributed by atoms with van der Waals surface area (Å²) in [4.78, 5) is 11.4. The molecule has 1 fully saturated rings. The highest BCUT2D eigenvalue weighted by molar-refractivity contribution is 7.15. The van der Waals surface area contributed by atoms with Crippen molar-refractivity contribution in [2.75, 3.05) is 11.9 Å². The maximum Gasteiger partial charge on any atom is 0.321 e. The monoisotopic (exact) mass is 240 g/mol. The van der Waals surface area contributed by atoms with E-state index in [0.717, 1.165) is 17.8 Å². The molecular weight excluding hydrogens is 224 g/mol. The maximum atomic E-state index is 11.4. The molecule has 16 heavy (non-hydrogen) atoms. The summed E-state index contributed by atoms with van der Waals surface area (Å²) in [6, 6.07) is -0.188. The molecule has 0 aliphatic heterocycles. The Hall–Kier alpha value is -1.17. The first-order valence-corrected chi connectivity index (χ1v) is 6.49. The Balaban J connectivity index is 1.76. The summed E-state index contributed by atoms with van der Waals surface area (Å²) < 4.78 is 0. The van der Waals surface area contributed by atoms with Crippen LogP contribution in [0.25, 0.3) is 0 Å². The average molecular weight is 240 g/mol. The van der Waals surface area contributed by atoms with Gasteiger partial charge in [0.15, 0.2) is 0 Å². The zero-order chi connectivity index (χ0) is 11.4. The molecule has 2 rings (SSSR count). The summed E-state index contributed by atoms with van der Waals surface area (Å²) in [5.74, 6) is 0.594. The van der Waals surface area contributed by atoms with Gasteiger partial charge in [-0.3, -0.25) is 5.32 Å². The van der Waals surface area contributed by atoms with E-state index in [2.05, 4.69) is 27.8 Å². The molecule has 0 spiro atoms. The SMILES string of the molecule is CCCCNC(=O)Nc1nnc(C2CC2)s1. The summed E-state index contributed by atoms with van der Waals surface area (Å²) in [5, 5.41) is 15.1. The molecule has 1 aromatic rings. The van der Waals surface area contributed by atoms with E-state index in [4.69, 9.17) is 0 Å². The minimum atomic E-state index is -0.188. The zero-order valence-corrected chi connectivity index (χ0v) is 10.1. The number of nitrogens with zero attached hydrogens (tertiary/aromatic N) is 2. The van der Waals surface area contributed by atoms with Crippen LogP contribution >= 0.6 is 11.3 Å². The molecule has 6 heteroatoms. The van der Waals surface area contributed by atoms with Gasteiger partial charge >= 0.3 is 6.03 Å². The standard InChI is InChI=1S/C10H16N4OS/c1-2-3-6-11-9(15)12-10-14-13-8(16-10)7-4-5-7/h7H,2-6H2,1H3,(H2,11,12,14,15). The highest BCUT2D eigenvalue weighted by Gasteiger charge is 2.27. The van der Waals surface area contributed by atoms with Crippen molar-refractivity contribution in [2.24, 2.45) is 0 Å². The number of anilines is 1. The van der Waals surface area contributed by atoms with Gasteiger partial charge < -0.3 is 5.32 Å². The minimum Gasteiger partial charge on any atom is -0.338 e. The average Bonchev–Trinajstić information content (AvgIpc) is 3.01. The summed E-state index contributed by atoms with van der Waals surface area (Å²) in [5.41, 5.74) is 0. The number of carbonyl (C=O) groups is 1. The van der Waals surface area contributed by atoms with E-state index in [1.807, 2.05) is 0 Å². The van der Waals surface area contributed by atoms with Crippen molar-refractivity contribution in [1.82, 2.24) is 15.5 Å². The Kier molecular flexibility index (Phi) is 3.71. The number of unbranched alkanes of at least 4 members (excludes halogenated alkanes) is 1. The van der Waals surface area contributed by atoms with Crippen LogP contribution in [0.2, 0.25) is 0 Å². The molecule has 0 atom stereocenters. The smallest absolute Gasteiger partial charge is 0.321 e. The Morgan fingerprint density at radius 3 is 3.00 bits per heavy atom. The van der Waals surface area contributed by atoms with Crippen molar-refractivity contribution >= 4 is 22.5 Å². The highest BCUT2D eigenvalue weighted by Crippen LogP contribution is 2.41. The first-order chi connectivity index (χ1) is 7.79. The van der Waals surface area contributed by atoms with Crippen LogP contribution in [0.5, 0.6) is 0 Å². The third kappa shape index (κ3) is 3.16. The van der Waals surface area contributed by atoms with E-state index < -0.39 is 0 Å². The Bertz CT molecular complexity index is 361. The van der Waals surface area contributed by atoms with Crippen molar-refractivity contribution in [1.29, 1.82) is 0 Å². The van der Waals surface area contributed by atoms with Gasteiger partial charge in [-0.1, -0.05) is 24.7 Å². The molecule has 0 radical (unpaired) electrons. The van der Waals surface area contributed by atoms with Crippen LogP contribution in [0.4, 0.5) is 9.93 Å². The lowest BCUT2D eigenvalue weighted by Crippen LogP contribution is -2.29.